The van der Waals surface area contributed by atoms with Gasteiger partial charge in [0.2, 0.25) is 0 Å². The molecule has 0 aliphatic rings. The van der Waals surface area contributed by atoms with E-state index in [2.05, 4.69) is 15.2 Å². The predicted molar refractivity (Wildman–Crippen MR) is 104 cm³/mol. The Bertz CT molecular complexity index is 732. The SMILES string of the molecule is CCN(C(=O)c1ccnc(C(=O)NCCCN(C)C)c1)c1ccccc1. The molecule has 2 rings (SSSR count). The van der Waals surface area contributed by atoms with Gasteiger partial charge < -0.3 is 15.1 Å². The molecule has 6 heteroatoms. The second kappa shape index (κ2) is 9.68. The van der Waals surface area contributed by atoms with Gasteiger partial charge in [-0.05, 0) is 58.3 Å². The van der Waals surface area contributed by atoms with Gasteiger partial charge in [0, 0.05) is 30.5 Å². The molecule has 0 spiro atoms. The van der Waals surface area contributed by atoms with Crippen molar-refractivity contribution in [3.63, 3.8) is 0 Å². The van der Waals surface area contributed by atoms with Crippen LogP contribution in [0.2, 0.25) is 0 Å². The molecule has 26 heavy (non-hydrogen) atoms. The minimum Gasteiger partial charge on any atom is -0.351 e. The Morgan fingerprint density at radius 2 is 1.85 bits per heavy atom. The van der Waals surface area contributed by atoms with Gasteiger partial charge in [-0.15, -0.1) is 0 Å². The average molecular weight is 354 g/mol. The van der Waals surface area contributed by atoms with Crippen molar-refractivity contribution in [1.29, 1.82) is 0 Å². The first kappa shape index (κ1) is 19.6. The van der Waals surface area contributed by atoms with Crippen LogP contribution < -0.4 is 10.2 Å². The molecular formula is C20H26N4O2. The van der Waals surface area contributed by atoms with E-state index < -0.39 is 0 Å². The highest BCUT2D eigenvalue weighted by atomic mass is 16.2. The number of nitrogens with zero attached hydrogens (tertiary/aromatic N) is 3. The Hall–Kier alpha value is -2.73. The molecule has 1 aromatic carbocycles. The van der Waals surface area contributed by atoms with Crippen LogP contribution in [0.15, 0.2) is 48.7 Å². The van der Waals surface area contributed by atoms with Crippen molar-refractivity contribution in [1.82, 2.24) is 15.2 Å². The number of aromatic nitrogens is 1. The largest absolute Gasteiger partial charge is 0.351 e. The van der Waals surface area contributed by atoms with E-state index in [1.165, 1.54) is 6.20 Å². The first-order valence-electron chi connectivity index (χ1n) is 8.78. The topological polar surface area (TPSA) is 65.5 Å². The number of benzene rings is 1. The molecule has 2 aromatic rings. The first-order chi connectivity index (χ1) is 12.5. The van der Waals surface area contributed by atoms with E-state index in [4.69, 9.17) is 0 Å². The van der Waals surface area contributed by atoms with E-state index in [9.17, 15) is 9.59 Å². The summed E-state index contributed by atoms with van der Waals surface area (Å²) >= 11 is 0. The lowest BCUT2D eigenvalue weighted by atomic mass is 10.1. The second-order valence-corrected chi connectivity index (χ2v) is 6.23. The molecule has 0 radical (unpaired) electrons. The van der Waals surface area contributed by atoms with E-state index in [1.54, 1.807) is 17.0 Å². The smallest absolute Gasteiger partial charge is 0.269 e. The standard InChI is InChI=1S/C20H26N4O2/c1-4-24(17-9-6-5-7-10-17)20(26)16-11-13-21-18(15-16)19(25)22-12-8-14-23(2)3/h5-7,9-11,13,15H,4,8,12,14H2,1-3H3,(H,22,25). The minimum absolute atomic E-state index is 0.150. The van der Waals surface area contributed by atoms with Gasteiger partial charge in [0.05, 0.1) is 0 Å². The van der Waals surface area contributed by atoms with Crippen LogP contribution in [0, 0.1) is 0 Å². The highest BCUT2D eigenvalue weighted by Gasteiger charge is 2.18. The lowest BCUT2D eigenvalue weighted by Crippen LogP contribution is -2.31. The van der Waals surface area contributed by atoms with E-state index in [1.807, 2.05) is 51.4 Å². The van der Waals surface area contributed by atoms with Crippen molar-refractivity contribution in [3.05, 3.63) is 59.9 Å². The average Bonchev–Trinajstić information content (AvgIpc) is 2.66. The first-order valence-corrected chi connectivity index (χ1v) is 8.78. The van der Waals surface area contributed by atoms with Crippen LogP contribution in [-0.2, 0) is 0 Å². The summed E-state index contributed by atoms with van der Waals surface area (Å²) in [4.78, 5) is 32.9. The molecule has 0 saturated heterocycles. The molecule has 0 saturated carbocycles. The highest BCUT2D eigenvalue weighted by Crippen LogP contribution is 2.16. The summed E-state index contributed by atoms with van der Waals surface area (Å²) in [6.07, 6.45) is 2.36. The van der Waals surface area contributed by atoms with Gasteiger partial charge in [0.1, 0.15) is 5.69 Å². The fourth-order valence-electron chi connectivity index (χ4n) is 2.58. The number of carbonyl (C=O) groups is 2. The summed E-state index contributed by atoms with van der Waals surface area (Å²) in [5, 5.41) is 2.84. The van der Waals surface area contributed by atoms with Gasteiger partial charge in [-0.1, -0.05) is 18.2 Å². The summed E-state index contributed by atoms with van der Waals surface area (Å²) in [6.45, 7) is 3.93. The quantitative estimate of drug-likeness (QED) is 0.740. The van der Waals surface area contributed by atoms with Crippen LogP contribution in [0.4, 0.5) is 5.69 Å². The zero-order valence-electron chi connectivity index (χ0n) is 15.6. The number of pyridine rings is 1. The molecule has 0 fully saturated rings. The molecule has 0 unspecified atom stereocenters. The second-order valence-electron chi connectivity index (χ2n) is 6.23. The Morgan fingerprint density at radius 3 is 2.50 bits per heavy atom. The van der Waals surface area contributed by atoms with Crippen molar-refractivity contribution >= 4 is 17.5 Å². The molecule has 2 amide bonds. The van der Waals surface area contributed by atoms with Crippen LogP contribution in [0.25, 0.3) is 0 Å². The molecule has 0 aliphatic carbocycles. The highest BCUT2D eigenvalue weighted by molar-refractivity contribution is 6.07. The lowest BCUT2D eigenvalue weighted by Gasteiger charge is -2.21. The Kier molecular flexibility index (Phi) is 7.29. The number of carbonyl (C=O) groups excluding carboxylic acids is 2. The summed E-state index contributed by atoms with van der Waals surface area (Å²) in [5.74, 6) is -0.413. The van der Waals surface area contributed by atoms with Crippen LogP contribution in [0.5, 0.6) is 0 Å². The summed E-state index contributed by atoms with van der Waals surface area (Å²) < 4.78 is 0. The van der Waals surface area contributed by atoms with Crippen LogP contribution in [0.3, 0.4) is 0 Å². The number of para-hydroxylation sites is 1. The third-order valence-electron chi connectivity index (χ3n) is 3.94. The molecule has 0 bridgehead atoms. The van der Waals surface area contributed by atoms with E-state index in [0.29, 0.717) is 18.7 Å². The predicted octanol–water partition coefficient (Wildman–Crippen LogP) is 2.43. The molecular weight excluding hydrogens is 328 g/mol. The lowest BCUT2D eigenvalue weighted by molar-refractivity contribution is 0.0947. The summed E-state index contributed by atoms with van der Waals surface area (Å²) in [7, 11) is 3.98. The number of anilines is 1. The monoisotopic (exact) mass is 354 g/mol. The fraction of sp³-hybridized carbons (Fsp3) is 0.350. The molecule has 0 aliphatic heterocycles. The third kappa shape index (κ3) is 5.39. The van der Waals surface area contributed by atoms with Crippen LogP contribution >= 0.6 is 0 Å². The van der Waals surface area contributed by atoms with Gasteiger partial charge in [-0.2, -0.15) is 0 Å². The normalized spacial score (nSPS) is 10.6. The van der Waals surface area contributed by atoms with Crippen molar-refractivity contribution in [2.75, 3.05) is 38.6 Å². The number of rotatable bonds is 8. The number of hydrogen-bond acceptors (Lipinski definition) is 4. The number of nitrogens with one attached hydrogen (secondary N) is 1. The Balaban J connectivity index is 2.07. The van der Waals surface area contributed by atoms with Crippen molar-refractivity contribution in [2.45, 2.75) is 13.3 Å². The minimum atomic E-state index is -0.263. The Labute approximate surface area is 154 Å². The van der Waals surface area contributed by atoms with Crippen molar-refractivity contribution in [3.8, 4) is 0 Å². The molecule has 0 atom stereocenters. The molecule has 1 heterocycles. The zero-order chi connectivity index (χ0) is 18.9. The number of amides is 2. The maximum Gasteiger partial charge on any atom is 0.269 e. The van der Waals surface area contributed by atoms with E-state index in [0.717, 1.165) is 18.7 Å². The van der Waals surface area contributed by atoms with Crippen molar-refractivity contribution in [2.24, 2.45) is 0 Å². The maximum atomic E-state index is 12.8. The molecule has 6 nitrogen and oxygen atoms in total. The van der Waals surface area contributed by atoms with Crippen LogP contribution in [-0.4, -0.2) is 55.4 Å². The molecule has 138 valence electrons. The third-order valence-corrected chi connectivity index (χ3v) is 3.94. The number of hydrogen-bond donors (Lipinski definition) is 1. The van der Waals surface area contributed by atoms with E-state index in [-0.39, 0.29) is 17.5 Å². The van der Waals surface area contributed by atoms with Gasteiger partial charge in [0.25, 0.3) is 11.8 Å². The summed E-state index contributed by atoms with van der Waals surface area (Å²) in [6, 6.07) is 12.7. The zero-order valence-corrected chi connectivity index (χ0v) is 15.6. The van der Waals surface area contributed by atoms with Crippen molar-refractivity contribution < 1.29 is 9.59 Å². The Morgan fingerprint density at radius 1 is 1.12 bits per heavy atom. The van der Waals surface area contributed by atoms with E-state index >= 15 is 0 Å². The fourth-order valence-corrected chi connectivity index (χ4v) is 2.58. The molecule has 1 N–H and O–H groups in total. The van der Waals surface area contributed by atoms with Gasteiger partial charge in [-0.3, -0.25) is 14.6 Å². The summed E-state index contributed by atoms with van der Waals surface area (Å²) in [5.41, 5.74) is 1.53. The van der Waals surface area contributed by atoms with Gasteiger partial charge >= 0.3 is 0 Å². The van der Waals surface area contributed by atoms with Gasteiger partial charge in [0.15, 0.2) is 0 Å². The van der Waals surface area contributed by atoms with Gasteiger partial charge in [-0.25, -0.2) is 0 Å². The molecule has 1 aromatic heterocycles. The maximum absolute atomic E-state index is 12.8. The van der Waals surface area contributed by atoms with Crippen LogP contribution in [0.1, 0.15) is 34.2 Å².